The van der Waals surface area contributed by atoms with Crippen LogP contribution < -0.4 is 14.8 Å². The summed E-state index contributed by atoms with van der Waals surface area (Å²) in [6.45, 7) is 0.264. The molecule has 2 rings (SSSR count). The molecular weight excluding hydrogens is 307 g/mol. The smallest absolute Gasteiger partial charge is 0.452 e. The van der Waals surface area contributed by atoms with Gasteiger partial charge in [0.1, 0.15) is 11.5 Å². The van der Waals surface area contributed by atoms with Crippen molar-refractivity contribution < 1.29 is 22.6 Å². The molecule has 0 unspecified atom stereocenters. The van der Waals surface area contributed by atoms with Crippen molar-refractivity contribution in [1.82, 2.24) is 9.36 Å². The van der Waals surface area contributed by atoms with Crippen LogP contribution in [0.2, 0.25) is 0 Å². The van der Waals surface area contributed by atoms with Gasteiger partial charge in [-0.2, -0.15) is 22.5 Å². The second-order valence-corrected chi connectivity index (χ2v) is 4.70. The normalized spacial score (nSPS) is 11.3. The minimum Gasteiger partial charge on any atom is -0.497 e. The Morgan fingerprint density at radius 3 is 2.57 bits per heavy atom. The maximum atomic E-state index is 12.4. The van der Waals surface area contributed by atoms with E-state index in [1.54, 1.807) is 18.2 Å². The minimum atomic E-state index is -4.53. The standard InChI is InChI=1S/C12H12F3N3O2S/c1-19-8-4-3-7(9(5-8)20-2)6-16-11-17-10(18-21-11)12(13,14)15/h3-5H,6H2,1-2H3,(H,16,17,18). The number of nitrogens with one attached hydrogen (secondary N) is 1. The lowest BCUT2D eigenvalue weighted by Gasteiger charge is -2.10. The third-order valence-electron chi connectivity index (χ3n) is 2.60. The molecule has 0 spiro atoms. The molecule has 0 radical (unpaired) electrons. The van der Waals surface area contributed by atoms with Crippen molar-refractivity contribution in [3.05, 3.63) is 29.6 Å². The van der Waals surface area contributed by atoms with Gasteiger partial charge in [0.25, 0.3) is 0 Å². The monoisotopic (exact) mass is 319 g/mol. The molecule has 21 heavy (non-hydrogen) atoms. The summed E-state index contributed by atoms with van der Waals surface area (Å²) in [5.74, 6) is 0.0602. The van der Waals surface area contributed by atoms with E-state index in [9.17, 15) is 13.2 Å². The molecule has 0 saturated heterocycles. The number of nitrogens with zero attached hydrogens (tertiary/aromatic N) is 2. The van der Waals surface area contributed by atoms with Crippen LogP contribution in [-0.4, -0.2) is 23.6 Å². The molecule has 9 heteroatoms. The first-order valence-corrected chi connectivity index (χ1v) is 6.57. The molecule has 1 heterocycles. The summed E-state index contributed by atoms with van der Waals surface area (Å²) in [5, 5.41) is 2.89. The number of hydrogen-bond donors (Lipinski definition) is 1. The van der Waals surface area contributed by atoms with Crippen molar-refractivity contribution in [3.8, 4) is 11.5 Å². The Labute approximate surface area is 122 Å². The van der Waals surface area contributed by atoms with Crippen LogP contribution >= 0.6 is 11.5 Å². The van der Waals surface area contributed by atoms with Crippen LogP contribution in [-0.2, 0) is 12.7 Å². The lowest BCUT2D eigenvalue weighted by Crippen LogP contribution is -2.08. The fraction of sp³-hybridized carbons (Fsp3) is 0.333. The third kappa shape index (κ3) is 3.75. The average molecular weight is 319 g/mol. The highest BCUT2D eigenvalue weighted by Crippen LogP contribution is 2.30. The van der Waals surface area contributed by atoms with Crippen LogP contribution in [0.5, 0.6) is 11.5 Å². The van der Waals surface area contributed by atoms with Gasteiger partial charge >= 0.3 is 6.18 Å². The summed E-state index contributed by atoms with van der Waals surface area (Å²) in [6, 6.07) is 5.19. The maximum Gasteiger partial charge on any atom is 0.452 e. The van der Waals surface area contributed by atoms with Crippen molar-refractivity contribution in [2.75, 3.05) is 19.5 Å². The Balaban J connectivity index is 2.08. The summed E-state index contributed by atoms with van der Waals surface area (Å²) in [5.41, 5.74) is 0.766. The Hall–Kier alpha value is -2.03. The van der Waals surface area contributed by atoms with Crippen LogP contribution in [0, 0.1) is 0 Å². The number of ether oxygens (including phenoxy) is 2. The van der Waals surface area contributed by atoms with E-state index in [0.717, 1.165) is 5.56 Å². The molecule has 0 atom stereocenters. The van der Waals surface area contributed by atoms with Crippen LogP contribution in [0.15, 0.2) is 18.2 Å². The fourth-order valence-corrected chi connectivity index (χ4v) is 2.16. The van der Waals surface area contributed by atoms with Crippen molar-refractivity contribution in [2.45, 2.75) is 12.7 Å². The van der Waals surface area contributed by atoms with Crippen molar-refractivity contribution in [2.24, 2.45) is 0 Å². The lowest BCUT2D eigenvalue weighted by atomic mass is 10.2. The van der Waals surface area contributed by atoms with E-state index in [-0.39, 0.29) is 11.7 Å². The summed E-state index contributed by atoms with van der Waals surface area (Å²) in [4.78, 5) is 3.39. The highest BCUT2D eigenvalue weighted by molar-refractivity contribution is 7.09. The molecule has 0 amide bonds. The van der Waals surface area contributed by atoms with E-state index in [2.05, 4.69) is 14.7 Å². The highest BCUT2D eigenvalue weighted by atomic mass is 32.1. The van der Waals surface area contributed by atoms with Crippen LogP contribution in [0.3, 0.4) is 0 Å². The average Bonchev–Trinajstić information content (AvgIpc) is 2.94. The Kier molecular flexibility index (Phi) is 4.51. The molecule has 0 saturated carbocycles. The first-order chi connectivity index (χ1) is 9.94. The maximum absolute atomic E-state index is 12.4. The molecule has 0 fully saturated rings. The summed E-state index contributed by atoms with van der Waals surface area (Å²) in [6.07, 6.45) is -4.53. The van der Waals surface area contributed by atoms with E-state index < -0.39 is 12.0 Å². The predicted octanol–water partition coefficient (Wildman–Crippen LogP) is 3.19. The minimum absolute atomic E-state index is 0.0974. The Bertz CT molecular complexity index is 616. The van der Waals surface area contributed by atoms with Gasteiger partial charge in [-0.25, -0.2) is 0 Å². The van der Waals surface area contributed by atoms with Gasteiger partial charge in [-0.15, -0.1) is 0 Å². The van der Waals surface area contributed by atoms with Crippen LogP contribution in [0.1, 0.15) is 11.4 Å². The van der Waals surface area contributed by atoms with Crippen molar-refractivity contribution >= 4 is 16.7 Å². The third-order valence-corrected chi connectivity index (χ3v) is 3.28. The number of alkyl halides is 3. The fourth-order valence-electron chi connectivity index (χ4n) is 1.58. The van der Waals surface area contributed by atoms with Crippen molar-refractivity contribution in [1.29, 1.82) is 0 Å². The van der Waals surface area contributed by atoms with Gasteiger partial charge in [0, 0.05) is 29.7 Å². The SMILES string of the molecule is COc1ccc(CNc2nc(C(F)(F)F)ns2)c(OC)c1. The second kappa shape index (κ2) is 6.17. The molecule has 0 aliphatic rings. The van der Waals surface area contributed by atoms with E-state index >= 15 is 0 Å². The van der Waals surface area contributed by atoms with Gasteiger partial charge in [-0.05, 0) is 12.1 Å². The quantitative estimate of drug-likeness (QED) is 0.917. The zero-order valence-electron chi connectivity index (χ0n) is 11.2. The van der Waals surface area contributed by atoms with Gasteiger partial charge in [0.05, 0.1) is 14.2 Å². The summed E-state index contributed by atoms with van der Waals surface area (Å²) < 4.78 is 50.7. The topological polar surface area (TPSA) is 56.3 Å². The molecule has 0 aliphatic carbocycles. The number of hydrogen-bond acceptors (Lipinski definition) is 6. The lowest BCUT2D eigenvalue weighted by molar-refractivity contribution is -0.144. The second-order valence-electron chi connectivity index (χ2n) is 3.95. The zero-order valence-corrected chi connectivity index (χ0v) is 12.0. The van der Waals surface area contributed by atoms with E-state index in [4.69, 9.17) is 9.47 Å². The molecule has 1 aromatic heterocycles. The Morgan fingerprint density at radius 1 is 1.24 bits per heavy atom. The van der Waals surface area contributed by atoms with Crippen molar-refractivity contribution in [3.63, 3.8) is 0 Å². The molecular formula is C12H12F3N3O2S. The molecule has 114 valence electrons. The van der Waals surface area contributed by atoms with Gasteiger partial charge in [-0.1, -0.05) is 0 Å². The van der Waals surface area contributed by atoms with Gasteiger partial charge in [0.15, 0.2) is 0 Å². The number of halogens is 3. The molecule has 1 N–H and O–H groups in total. The molecule has 2 aromatic rings. The van der Waals surface area contributed by atoms with Gasteiger partial charge in [-0.3, -0.25) is 0 Å². The first kappa shape index (κ1) is 15.4. The van der Waals surface area contributed by atoms with Gasteiger partial charge < -0.3 is 14.8 Å². The zero-order chi connectivity index (χ0) is 15.5. The van der Waals surface area contributed by atoms with Gasteiger partial charge in [0.2, 0.25) is 11.0 Å². The molecule has 5 nitrogen and oxygen atoms in total. The number of methoxy groups -OCH3 is 2. The predicted molar refractivity (Wildman–Crippen MR) is 71.8 cm³/mol. The highest BCUT2D eigenvalue weighted by Gasteiger charge is 2.36. The van der Waals surface area contributed by atoms with E-state index in [0.29, 0.717) is 23.0 Å². The Morgan fingerprint density at radius 2 is 2.00 bits per heavy atom. The molecule has 0 bridgehead atoms. The number of benzene rings is 1. The largest absolute Gasteiger partial charge is 0.497 e. The number of rotatable bonds is 5. The van der Waals surface area contributed by atoms with E-state index in [1.807, 2.05) is 0 Å². The van der Waals surface area contributed by atoms with E-state index in [1.165, 1.54) is 14.2 Å². The summed E-state index contributed by atoms with van der Waals surface area (Å²) >= 11 is 0.659. The first-order valence-electron chi connectivity index (χ1n) is 5.79. The summed E-state index contributed by atoms with van der Waals surface area (Å²) in [7, 11) is 3.04. The number of anilines is 1. The molecule has 0 aliphatic heterocycles. The number of aromatic nitrogens is 2. The molecule has 1 aromatic carbocycles. The van der Waals surface area contributed by atoms with Crippen LogP contribution in [0.25, 0.3) is 0 Å². The van der Waals surface area contributed by atoms with Crippen LogP contribution in [0.4, 0.5) is 18.3 Å².